The number of nitro groups is 1. The highest BCUT2D eigenvalue weighted by Gasteiger charge is 2.26. The molecule has 39 heavy (non-hydrogen) atoms. The van der Waals surface area contributed by atoms with E-state index in [2.05, 4.69) is 5.32 Å². The maximum absolute atomic E-state index is 13.3. The third-order valence-corrected chi connectivity index (χ3v) is 8.32. The van der Waals surface area contributed by atoms with Crippen LogP contribution < -0.4 is 19.5 Å². The molecule has 0 spiro atoms. The number of rotatable bonds is 8. The topological polar surface area (TPSA) is 151 Å². The number of nitrogens with zero attached hydrogens (tertiary/aromatic N) is 1. The molecule has 13 heteroatoms. The Bertz CT molecular complexity index is 1610. The van der Waals surface area contributed by atoms with Crippen molar-refractivity contribution < 1.29 is 37.1 Å². The number of anilines is 1. The molecule has 3 aromatic rings. The van der Waals surface area contributed by atoms with Gasteiger partial charge in [-0.1, -0.05) is 23.9 Å². The van der Waals surface area contributed by atoms with Gasteiger partial charge in [0.2, 0.25) is 5.75 Å². The summed E-state index contributed by atoms with van der Waals surface area (Å²) >= 11 is 1.02. The van der Waals surface area contributed by atoms with E-state index in [0.29, 0.717) is 33.2 Å². The predicted octanol–water partition coefficient (Wildman–Crippen LogP) is 4.60. The zero-order valence-electron chi connectivity index (χ0n) is 20.9. The van der Waals surface area contributed by atoms with E-state index < -0.39 is 32.3 Å². The van der Waals surface area contributed by atoms with Crippen LogP contribution in [0.2, 0.25) is 0 Å². The Hall–Kier alpha value is -4.36. The lowest BCUT2D eigenvalue weighted by Gasteiger charge is -2.20. The summed E-state index contributed by atoms with van der Waals surface area (Å²) in [5.74, 6) is -1.03. The van der Waals surface area contributed by atoms with E-state index in [-0.39, 0.29) is 21.3 Å². The summed E-state index contributed by atoms with van der Waals surface area (Å²) in [4.78, 5) is 35.4. The van der Waals surface area contributed by atoms with E-state index in [1.807, 2.05) is 0 Å². The van der Waals surface area contributed by atoms with Crippen molar-refractivity contribution in [2.24, 2.45) is 0 Å². The Morgan fingerprint density at radius 2 is 1.74 bits per heavy atom. The smallest absolute Gasteiger partial charge is 0.312 e. The Morgan fingerprint density at radius 1 is 1.05 bits per heavy atom. The van der Waals surface area contributed by atoms with E-state index in [1.54, 1.807) is 18.2 Å². The molecule has 0 saturated carbocycles. The van der Waals surface area contributed by atoms with Crippen molar-refractivity contribution in [1.29, 1.82) is 0 Å². The van der Waals surface area contributed by atoms with Crippen LogP contribution in [0.4, 0.5) is 11.4 Å². The van der Waals surface area contributed by atoms with Crippen LogP contribution >= 0.6 is 11.8 Å². The van der Waals surface area contributed by atoms with Gasteiger partial charge >= 0.3 is 11.7 Å². The first kappa shape index (κ1) is 27.7. The quantitative estimate of drug-likeness (QED) is 0.134. The van der Waals surface area contributed by atoms with E-state index in [9.17, 15) is 28.1 Å². The highest BCUT2D eigenvalue weighted by Crippen LogP contribution is 2.41. The number of ether oxygens (including phenoxy) is 3. The molecular formula is C26H22N2O9S2. The molecule has 202 valence electrons. The van der Waals surface area contributed by atoms with E-state index in [4.69, 9.17) is 14.2 Å². The molecule has 0 fully saturated rings. The minimum atomic E-state index is -3.85. The molecule has 0 atom stereocenters. The van der Waals surface area contributed by atoms with Crippen LogP contribution in [0.3, 0.4) is 0 Å². The van der Waals surface area contributed by atoms with Crippen molar-refractivity contribution in [1.82, 2.24) is 0 Å². The van der Waals surface area contributed by atoms with Crippen LogP contribution in [0, 0.1) is 10.1 Å². The van der Waals surface area contributed by atoms with Gasteiger partial charge in [-0.25, -0.2) is 8.42 Å². The van der Waals surface area contributed by atoms with Crippen LogP contribution in [0.5, 0.6) is 17.2 Å². The van der Waals surface area contributed by atoms with Crippen molar-refractivity contribution in [2.75, 3.05) is 19.5 Å². The Morgan fingerprint density at radius 3 is 2.36 bits per heavy atom. The van der Waals surface area contributed by atoms with Gasteiger partial charge in [0.1, 0.15) is 11.5 Å². The normalized spacial score (nSPS) is 13.8. The molecule has 1 aliphatic rings. The number of fused-ring (bicyclic) bond motifs is 1. The second kappa shape index (κ2) is 11.2. The molecule has 1 amide bonds. The largest absolute Gasteiger partial charge is 0.496 e. The molecular weight excluding hydrogens is 548 g/mol. The Kier molecular flexibility index (Phi) is 7.93. The fraction of sp³-hybridized carbons (Fsp3) is 0.154. The summed E-state index contributed by atoms with van der Waals surface area (Å²) in [5, 5.41) is 14.2. The van der Waals surface area contributed by atoms with E-state index in [0.717, 1.165) is 18.7 Å². The van der Waals surface area contributed by atoms with Gasteiger partial charge in [-0.05, 0) is 48.0 Å². The number of benzene rings is 3. The van der Waals surface area contributed by atoms with Gasteiger partial charge in [0.15, 0.2) is 9.84 Å². The summed E-state index contributed by atoms with van der Waals surface area (Å²) in [7, 11) is -0.974. The maximum atomic E-state index is 13.3. The van der Waals surface area contributed by atoms with Crippen molar-refractivity contribution in [2.45, 2.75) is 22.5 Å². The van der Waals surface area contributed by atoms with Gasteiger partial charge in [-0.15, -0.1) is 0 Å². The zero-order chi connectivity index (χ0) is 28.3. The molecule has 11 nitrogen and oxygen atoms in total. The molecule has 0 aromatic heterocycles. The lowest BCUT2D eigenvalue weighted by molar-refractivity contribution is -0.385. The second-order valence-corrected chi connectivity index (χ2v) is 11.3. The Labute approximate surface area is 227 Å². The number of carbonyl (C=O) groups is 2. The van der Waals surface area contributed by atoms with Crippen LogP contribution in [0.15, 0.2) is 69.3 Å². The highest BCUT2D eigenvalue weighted by molar-refractivity contribution is 8.04. The fourth-order valence-corrected chi connectivity index (χ4v) is 6.30. The van der Waals surface area contributed by atoms with E-state index >= 15 is 0 Å². The SMILES string of the molecule is COc1cccc(OC)c1CS(=O)(=O)c1ccc2c(c1)S/C(=C/c1ccc(OC(C)=O)c([N+](=O)[O-])c1)C(=O)N2. The van der Waals surface area contributed by atoms with Gasteiger partial charge in [0.05, 0.1) is 45.9 Å². The Balaban J connectivity index is 1.66. The number of nitro benzene ring substituents is 1. The molecule has 1 heterocycles. The highest BCUT2D eigenvalue weighted by atomic mass is 32.2. The van der Waals surface area contributed by atoms with Gasteiger partial charge < -0.3 is 19.5 Å². The maximum Gasteiger partial charge on any atom is 0.312 e. The molecule has 4 rings (SSSR count). The number of thioether (sulfide) groups is 1. The predicted molar refractivity (Wildman–Crippen MR) is 144 cm³/mol. The minimum absolute atomic E-state index is 0.0265. The third kappa shape index (κ3) is 6.04. The van der Waals surface area contributed by atoms with Crippen molar-refractivity contribution in [3.05, 3.63) is 80.7 Å². The molecule has 1 aliphatic heterocycles. The van der Waals surface area contributed by atoms with Crippen LogP contribution in [-0.4, -0.2) is 39.4 Å². The standard InChI is InChI=1S/C26H22N2O9S2/c1-15(29)37-23-10-7-16(11-20(23)28(31)32)12-25-26(30)27-19-9-8-17(13-24(19)38-25)39(33,34)14-18-21(35-2)5-4-6-22(18)36-3/h4-13H,14H2,1-3H3,(H,27,30)/b25-12+. The van der Waals surface area contributed by atoms with Crippen molar-refractivity contribution in [3.63, 3.8) is 0 Å². The fourth-order valence-electron chi connectivity index (χ4n) is 3.83. The number of esters is 1. The van der Waals surface area contributed by atoms with Gasteiger partial charge in [-0.2, -0.15) is 0 Å². The summed E-state index contributed by atoms with van der Waals surface area (Å²) in [6.45, 7) is 1.13. The number of carbonyl (C=O) groups excluding carboxylic acids is 2. The number of nitrogens with one attached hydrogen (secondary N) is 1. The van der Waals surface area contributed by atoms with Crippen LogP contribution in [0.25, 0.3) is 6.08 Å². The van der Waals surface area contributed by atoms with Gasteiger partial charge in [-0.3, -0.25) is 19.7 Å². The van der Waals surface area contributed by atoms with Crippen LogP contribution in [-0.2, 0) is 25.2 Å². The van der Waals surface area contributed by atoms with Crippen LogP contribution in [0.1, 0.15) is 18.1 Å². The molecule has 1 N–H and O–H groups in total. The summed E-state index contributed by atoms with van der Waals surface area (Å²) in [6, 6.07) is 13.2. The average Bonchev–Trinajstić information content (AvgIpc) is 2.89. The molecule has 0 radical (unpaired) electrons. The third-order valence-electron chi connectivity index (χ3n) is 5.60. The average molecular weight is 571 g/mol. The first-order chi connectivity index (χ1) is 18.5. The van der Waals surface area contributed by atoms with Crippen molar-refractivity contribution in [3.8, 4) is 17.2 Å². The van der Waals surface area contributed by atoms with Gasteiger partial charge in [0.25, 0.3) is 5.91 Å². The summed E-state index contributed by atoms with van der Waals surface area (Å²) in [5.41, 5.74) is 0.666. The monoisotopic (exact) mass is 570 g/mol. The molecule has 0 aliphatic carbocycles. The second-order valence-electron chi connectivity index (χ2n) is 8.20. The zero-order valence-corrected chi connectivity index (χ0v) is 22.6. The molecule has 0 saturated heterocycles. The number of hydrogen-bond acceptors (Lipinski definition) is 10. The molecule has 0 unspecified atom stereocenters. The van der Waals surface area contributed by atoms with Crippen molar-refractivity contribution >= 4 is 50.9 Å². The lowest BCUT2D eigenvalue weighted by Crippen LogP contribution is -2.18. The number of amides is 1. The van der Waals surface area contributed by atoms with Gasteiger partial charge in [0, 0.05) is 17.9 Å². The number of hydrogen-bond donors (Lipinski definition) is 1. The summed E-state index contributed by atoms with van der Waals surface area (Å²) in [6.07, 6.45) is 1.42. The number of sulfone groups is 1. The minimum Gasteiger partial charge on any atom is -0.496 e. The first-order valence-electron chi connectivity index (χ1n) is 11.3. The summed E-state index contributed by atoms with van der Waals surface area (Å²) < 4.78 is 42.2. The van der Waals surface area contributed by atoms with E-state index in [1.165, 1.54) is 56.7 Å². The number of methoxy groups -OCH3 is 2. The molecule has 3 aromatic carbocycles. The first-order valence-corrected chi connectivity index (χ1v) is 13.7. The lowest BCUT2D eigenvalue weighted by atomic mass is 10.1. The molecule has 0 bridgehead atoms.